The summed E-state index contributed by atoms with van der Waals surface area (Å²) in [7, 11) is 0. The van der Waals surface area contributed by atoms with Crippen LogP contribution in [0, 0.1) is 12.3 Å². The second kappa shape index (κ2) is 8.08. The lowest BCUT2D eigenvalue weighted by atomic mass is 9.71. The molecule has 0 atom stereocenters. The largest absolute Gasteiger partial charge is 0.457 e. The summed E-state index contributed by atoms with van der Waals surface area (Å²) in [5.41, 5.74) is 5.00. The summed E-state index contributed by atoms with van der Waals surface area (Å²) in [6.45, 7) is 6.19. The molecule has 0 bridgehead atoms. The molecule has 1 spiro atoms. The van der Waals surface area contributed by atoms with Crippen molar-refractivity contribution in [1.82, 2.24) is 9.88 Å². The highest BCUT2D eigenvalue weighted by Crippen LogP contribution is 2.42. The van der Waals surface area contributed by atoms with Gasteiger partial charge in [-0.15, -0.1) is 0 Å². The number of aromatic nitrogens is 1. The zero-order valence-electron chi connectivity index (χ0n) is 18.1. The summed E-state index contributed by atoms with van der Waals surface area (Å²) in [4.78, 5) is 33.7. The predicted molar refractivity (Wildman–Crippen MR) is 118 cm³/mol. The summed E-state index contributed by atoms with van der Waals surface area (Å²) in [6.07, 6.45) is 8.39. The Bertz CT molecular complexity index is 997. The van der Waals surface area contributed by atoms with E-state index in [2.05, 4.69) is 22.9 Å². The number of pyridine rings is 1. The van der Waals surface area contributed by atoms with E-state index in [1.54, 1.807) is 12.4 Å². The van der Waals surface area contributed by atoms with Gasteiger partial charge in [0.05, 0.1) is 11.0 Å². The maximum atomic E-state index is 13.4. The summed E-state index contributed by atoms with van der Waals surface area (Å²) in [5, 5.41) is 0. The van der Waals surface area contributed by atoms with Crippen molar-refractivity contribution in [2.75, 3.05) is 31.1 Å². The van der Waals surface area contributed by atoms with Gasteiger partial charge >= 0.3 is 5.97 Å². The van der Waals surface area contributed by atoms with Crippen molar-refractivity contribution < 1.29 is 14.3 Å². The predicted octanol–water partition coefficient (Wildman–Crippen LogP) is 3.51. The van der Waals surface area contributed by atoms with Crippen LogP contribution in [0.15, 0.2) is 36.7 Å². The zero-order chi connectivity index (χ0) is 21.4. The number of hydrogen-bond donors (Lipinski definition) is 0. The van der Waals surface area contributed by atoms with Gasteiger partial charge in [0.25, 0.3) is 0 Å². The van der Waals surface area contributed by atoms with Crippen LogP contribution < -0.4 is 4.90 Å². The minimum Gasteiger partial charge on any atom is -0.457 e. The van der Waals surface area contributed by atoms with Crippen molar-refractivity contribution in [2.24, 2.45) is 5.41 Å². The zero-order valence-corrected chi connectivity index (χ0v) is 18.1. The van der Waals surface area contributed by atoms with Gasteiger partial charge in [0.1, 0.15) is 6.61 Å². The molecule has 0 saturated carbocycles. The van der Waals surface area contributed by atoms with Gasteiger partial charge < -0.3 is 14.5 Å². The first-order valence-electron chi connectivity index (χ1n) is 11.3. The van der Waals surface area contributed by atoms with Crippen LogP contribution >= 0.6 is 0 Å². The van der Waals surface area contributed by atoms with Gasteiger partial charge in [0, 0.05) is 36.7 Å². The summed E-state index contributed by atoms with van der Waals surface area (Å²) < 4.78 is 5.18. The number of carbonyl (C=O) groups is 2. The van der Waals surface area contributed by atoms with Crippen molar-refractivity contribution in [1.29, 1.82) is 0 Å². The molecule has 31 heavy (non-hydrogen) atoms. The molecule has 6 heteroatoms. The molecular formula is C25H29N3O3. The van der Waals surface area contributed by atoms with E-state index in [-0.39, 0.29) is 11.4 Å². The number of nitrogens with zero attached hydrogens (tertiary/aromatic N) is 3. The normalized spacial score (nSPS) is 20.7. The first-order chi connectivity index (χ1) is 15.1. The van der Waals surface area contributed by atoms with Gasteiger partial charge in [0.15, 0.2) is 0 Å². The molecule has 2 aromatic rings. The molecule has 2 fully saturated rings. The number of fused-ring (bicyclic) bond motifs is 1. The number of anilines is 1. The molecule has 162 valence electrons. The fraction of sp³-hybridized carbons (Fsp3) is 0.480. The third-order valence-electron chi connectivity index (χ3n) is 7.50. The van der Waals surface area contributed by atoms with Crippen LogP contribution in [0.4, 0.5) is 5.69 Å². The Morgan fingerprint density at radius 2 is 1.81 bits per heavy atom. The van der Waals surface area contributed by atoms with Crippen LogP contribution in [0.25, 0.3) is 0 Å². The monoisotopic (exact) mass is 419 g/mol. The van der Waals surface area contributed by atoms with Crippen molar-refractivity contribution in [3.63, 3.8) is 0 Å². The number of hydrogen-bond acceptors (Lipinski definition) is 5. The number of ether oxygens (including phenoxy) is 1. The highest BCUT2D eigenvalue weighted by Gasteiger charge is 2.45. The molecule has 4 heterocycles. The first-order valence-corrected chi connectivity index (χ1v) is 11.3. The van der Waals surface area contributed by atoms with Crippen LogP contribution in [0.2, 0.25) is 0 Å². The molecule has 1 amide bonds. The van der Waals surface area contributed by atoms with E-state index >= 15 is 0 Å². The molecule has 0 N–H and O–H groups in total. The summed E-state index contributed by atoms with van der Waals surface area (Å²) >= 11 is 0. The molecule has 6 nitrogen and oxygen atoms in total. The van der Waals surface area contributed by atoms with Crippen LogP contribution in [-0.4, -0.2) is 47.9 Å². The van der Waals surface area contributed by atoms with Gasteiger partial charge in [-0.1, -0.05) is 6.07 Å². The highest BCUT2D eigenvalue weighted by molar-refractivity contribution is 5.98. The van der Waals surface area contributed by atoms with Gasteiger partial charge in [-0.2, -0.15) is 0 Å². The highest BCUT2D eigenvalue weighted by atomic mass is 16.5. The molecule has 3 aliphatic rings. The third kappa shape index (κ3) is 3.63. The van der Waals surface area contributed by atoms with Crippen molar-refractivity contribution in [2.45, 2.75) is 45.6 Å². The topological polar surface area (TPSA) is 62.7 Å². The molecule has 5 rings (SSSR count). The number of amides is 1. The van der Waals surface area contributed by atoms with Gasteiger partial charge in [-0.05, 0) is 81.4 Å². The maximum Gasteiger partial charge on any atom is 0.338 e. The fourth-order valence-electron chi connectivity index (χ4n) is 5.46. The third-order valence-corrected chi connectivity index (χ3v) is 7.50. The lowest BCUT2D eigenvalue weighted by Crippen LogP contribution is -2.54. The van der Waals surface area contributed by atoms with Crippen LogP contribution in [0.1, 0.15) is 52.7 Å². The van der Waals surface area contributed by atoms with E-state index < -0.39 is 0 Å². The molecule has 3 aliphatic heterocycles. The van der Waals surface area contributed by atoms with Crippen molar-refractivity contribution in [3.8, 4) is 0 Å². The number of esters is 1. The minimum absolute atomic E-state index is 0.205. The Morgan fingerprint density at radius 1 is 1.03 bits per heavy atom. The summed E-state index contributed by atoms with van der Waals surface area (Å²) in [5.74, 6) is 0.0904. The molecule has 0 unspecified atom stereocenters. The van der Waals surface area contributed by atoms with E-state index in [0.29, 0.717) is 12.5 Å². The number of piperidine rings is 2. The summed E-state index contributed by atoms with van der Waals surface area (Å²) in [6, 6.07) is 7.85. The SMILES string of the molecule is Cc1c(CCN2CCC3(CCCN(c4ccncc4)C3=O)CC2)ccc2c1COC2=O. The van der Waals surface area contributed by atoms with Gasteiger partial charge in [-0.25, -0.2) is 4.79 Å². The van der Waals surface area contributed by atoms with E-state index in [4.69, 9.17) is 4.74 Å². The molecule has 2 saturated heterocycles. The molecule has 0 aliphatic carbocycles. The van der Waals surface area contributed by atoms with E-state index in [1.165, 1.54) is 11.1 Å². The first kappa shape index (κ1) is 20.2. The van der Waals surface area contributed by atoms with Crippen molar-refractivity contribution in [3.05, 3.63) is 58.9 Å². The number of carbonyl (C=O) groups excluding carboxylic acids is 2. The van der Waals surface area contributed by atoms with E-state index in [0.717, 1.165) is 75.1 Å². The Balaban J connectivity index is 1.21. The Morgan fingerprint density at radius 3 is 2.58 bits per heavy atom. The molecule has 1 aromatic heterocycles. The number of benzene rings is 1. The minimum atomic E-state index is -0.209. The Labute approximate surface area is 183 Å². The second-order valence-corrected chi connectivity index (χ2v) is 9.09. The molecular weight excluding hydrogens is 390 g/mol. The van der Waals surface area contributed by atoms with E-state index in [9.17, 15) is 9.59 Å². The quantitative estimate of drug-likeness (QED) is 0.710. The fourth-order valence-corrected chi connectivity index (χ4v) is 5.46. The van der Waals surface area contributed by atoms with Crippen LogP contribution in [0.3, 0.4) is 0 Å². The lowest BCUT2D eigenvalue weighted by Gasteiger charge is -2.46. The second-order valence-electron chi connectivity index (χ2n) is 9.09. The van der Waals surface area contributed by atoms with E-state index in [1.807, 2.05) is 23.1 Å². The number of cyclic esters (lactones) is 1. The van der Waals surface area contributed by atoms with Gasteiger partial charge in [0.2, 0.25) is 5.91 Å². The number of likely N-dealkylation sites (tertiary alicyclic amines) is 1. The molecule has 0 radical (unpaired) electrons. The maximum absolute atomic E-state index is 13.4. The molecule has 1 aromatic carbocycles. The van der Waals surface area contributed by atoms with Crippen molar-refractivity contribution >= 4 is 17.6 Å². The number of rotatable bonds is 4. The van der Waals surface area contributed by atoms with Gasteiger partial charge in [-0.3, -0.25) is 9.78 Å². The Kier molecular flexibility index (Phi) is 5.26. The smallest absolute Gasteiger partial charge is 0.338 e. The van der Waals surface area contributed by atoms with Crippen LogP contribution in [-0.2, 0) is 22.6 Å². The Hall–Kier alpha value is -2.73. The standard InChI is InChI=1S/C25H29N3O3/c1-18-19(3-4-21-22(18)17-31-23(21)29)7-14-27-15-9-25(10-16-27)8-2-13-28(24(25)30)20-5-11-26-12-6-20/h3-6,11-12H,2,7-10,13-17H2,1H3. The van der Waals surface area contributed by atoms with Crippen LogP contribution in [0.5, 0.6) is 0 Å². The average Bonchev–Trinajstić information content (AvgIpc) is 3.18. The average molecular weight is 420 g/mol. The lowest BCUT2D eigenvalue weighted by molar-refractivity contribution is -0.133.